The molecule has 1 aromatic carbocycles. The SMILES string of the molecule is CCn1c(-c2cc(N3CCOCC3)cnc2[C@H](C)OC)c2c3cc(c(F)cc31)-c1csc(n1)C[C@H](NC(=O)[C@H](C(C)C)N1CC[C@]3(CCN(C(=O)[C@H](F)Cl)C3)C1=O)C(=O)N1CCC[C@H](N1)C(=O)OCC(C)(C)C2. The third kappa shape index (κ3) is 10.3. The molecule has 2 N–H and O–H groups in total. The summed E-state index contributed by atoms with van der Waals surface area (Å²) in [4.78, 5) is 85.2. The van der Waals surface area contributed by atoms with Crippen LogP contribution in [0.4, 0.5) is 14.5 Å². The summed E-state index contributed by atoms with van der Waals surface area (Å²) in [6, 6.07) is 2.42. The molecule has 21 heteroatoms. The summed E-state index contributed by atoms with van der Waals surface area (Å²) in [6.45, 7) is 15.3. The van der Waals surface area contributed by atoms with Crippen molar-refractivity contribution in [3.63, 3.8) is 0 Å². The number of likely N-dealkylation sites (tertiary alicyclic amines) is 2. The number of hydrogen-bond acceptors (Lipinski definition) is 13. The van der Waals surface area contributed by atoms with Gasteiger partial charge in [0.05, 0.1) is 70.8 Å². The first-order valence-corrected chi connectivity index (χ1v) is 26.7. The Kier molecular flexibility index (Phi) is 15.2. The summed E-state index contributed by atoms with van der Waals surface area (Å²) in [6.07, 6.45) is 3.34. The standard InChI is InChI=1S/C52H66ClF2N9O8S/c1-8-62-40-22-36(54)33-21-32(40)35(44(62)34-20-31(60-16-18-71-19-17-60)25-56-42(34)30(4)70-7)24-51(5,6)28-72-49(68)37-10-9-13-64(59-37)47(66)38(23-41-57-39(33)26-73-41)58-46(65)43(29(2)3)63-15-12-52(50(63)69)11-14-61(27-52)48(67)45(53)55/h20-22,25-26,29-30,37-38,43,45,59H,8-19,23-24,27-28H2,1-7H3,(H,58,65)/t30-,37-,38-,43-,45-,52-/m0/s1. The van der Waals surface area contributed by atoms with Crippen LogP contribution in [0.2, 0.25) is 0 Å². The number of nitrogens with one attached hydrogen (secondary N) is 2. The number of rotatable bonds is 10. The number of aryl methyl sites for hydroxylation is 1. The highest BCUT2D eigenvalue weighted by Crippen LogP contribution is 2.45. The van der Waals surface area contributed by atoms with E-state index in [1.807, 2.05) is 53.8 Å². The van der Waals surface area contributed by atoms with Crippen LogP contribution in [-0.4, -0.2) is 149 Å². The summed E-state index contributed by atoms with van der Waals surface area (Å²) in [5.41, 5.74) is 4.78. The molecule has 5 aliphatic rings. The summed E-state index contributed by atoms with van der Waals surface area (Å²) in [5, 5.41) is 7.30. The molecule has 6 atom stereocenters. The lowest BCUT2D eigenvalue weighted by molar-refractivity contribution is -0.155. The van der Waals surface area contributed by atoms with E-state index in [2.05, 4.69) is 26.3 Å². The van der Waals surface area contributed by atoms with E-state index in [-0.39, 0.29) is 50.7 Å². The molecule has 4 fully saturated rings. The lowest BCUT2D eigenvalue weighted by Crippen LogP contribution is -2.62. The van der Waals surface area contributed by atoms with Crippen molar-refractivity contribution in [2.75, 3.05) is 71.1 Å². The van der Waals surface area contributed by atoms with E-state index < -0.39 is 76.1 Å². The van der Waals surface area contributed by atoms with Gasteiger partial charge in [-0.15, -0.1) is 11.3 Å². The number of carbonyl (C=O) groups excluding carboxylic acids is 5. The number of halogens is 3. The summed E-state index contributed by atoms with van der Waals surface area (Å²) < 4.78 is 50.6. The maximum absolute atomic E-state index is 16.9. The van der Waals surface area contributed by atoms with Gasteiger partial charge in [-0.3, -0.25) is 34.0 Å². The highest BCUT2D eigenvalue weighted by atomic mass is 35.5. The second-order valence-corrected chi connectivity index (χ2v) is 22.5. The smallest absolute Gasteiger partial charge is 0.324 e. The highest BCUT2D eigenvalue weighted by molar-refractivity contribution is 7.10. The molecule has 1 spiro atoms. The van der Waals surface area contributed by atoms with Crippen molar-refractivity contribution in [2.24, 2.45) is 16.7 Å². The Hall–Kier alpha value is -5.28. The van der Waals surface area contributed by atoms with Gasteiger partial charge in [0.2, 0.25) is 11.8 Å². The Bertz CT molecular complexity index is 2780. The number of methoxy groups -OCH3 is 1. The number of hydrogen-bond donors (Lipinski definition) is 2. The van der Waals surface area contributed by atoms with Gasteiger partial charge in [0, 0.05) is 86.7 Å². The average molecular weight is 1050 g/mol. The van der Waals surface area contributed by atoms with Crippen molar-refractivity contribution in [2.45, 2.75) is 116 Å². The van der Waals surface area contributed by atoms with Crippen LogP contribution in [0.15, 0.2) is 29.8 Å². The maximum Gasteiger partial charge on any atom is 0.324 e. The van der Waals surface area contributed by atoms with Crippen LogP contribution in [0, 0.1) is 22.6 Å². The number of anilines is 1. The fourth-order valence-corrected chi connectivity index (χ4v) is 12.4. The fourth-order valence-electron chi connectivity index (χ4n) is 11.4. The zero-order valence-electron chi connectivity index (χ0n) is 42.6. The molecule has 3 aromatic heterocycles. The van der Waals surface area contributed by atoms with E-state index in [1.165, 1.54) is 26.1 Å². The molecule has 4 aromatic rings. The van der Waals surface area contributed by atoms with Gasteiger partial charge >= 0.3 is 5.97 Å². The van der Waals surface area contributed by atoms with Crippen LogP contribution in [0.25, 0.3) is 33.4 Å². The minimum atomic E-state index is -2.22. The predicted octanol–water partition coefficient (Wildman–Crippen LogP) is 6.19. The van der Waals surface area contributed by atoms with E-state index >= 15 is 4.39 Å². The number of fused-ring (bicyclic) bond motifs is 6. The molecule has 5 aliphatic heterocycles. The van der Waals surface area contributed by atoms with E-state index in [9.17, 15) is 28.4 Å². The number of ether oxygens (including phenoxy) is 3. The van der Waals surface area contributed by atoms with Gasteiger partial charge in [-0.25, -0.2) is 19.2 Å². The molecule has 0 saturated carbocycles. The Morgan fingerprint density at radius 2 is 1.81 bits per heavy atom. The normalized spacial score (nSPS) is 24.1. The van der Waals surface area contributed by atoms with E-state index in [4.69, 9.17) is 35.8 Å². The zero-order valence-corrected chi connectivity index (χ0v) is 44.2. The molecular formula is C52H66ClF2N9O8S. The molecule has 0 unspecified atom stereocenters. The van der Waals surface area contributed by atoms with Crippen molar-refractivity contribution >= 4 is 69.1 Å². The van der Waals surface area contributed by atoms with Crippen LogP contribution in [-0.2, 0) is 57.6 Å². The first-order chi connectivity index (χ1) is 34.8. The fraction of sp³-hybridized carbons (Fsp3) is 0.596. The van der Waals surface area contributed by atoms with Crippen molar-refractivity contribution in [1.29, 1.82) is 0 Å². The van der Waals surface area contributed by atoms with Gasteiger partial charge in [-0.2, -0.15) is 0 Å². The van der Waals surface area contributed by atoms with Crippen LogP contribution >= 0.6 is 22.9 Å². The Balaban J connectivity index is 1.11. The van der Waals surface area contributed by atoms with Crippen LogP contribution < -0.4 is 15.6 Å². The monoisotopic (exact) mass is 1050 g/mol. The van der Waals surface area contributed by atoms with Crippen molar-refractivity contribution in [3.8, 4) is 22.5 Å². The number of esters is 1. The van der Waals surface area contributed by atoms with Crippen LogP contribution in [0.1, 0.15) is 89.6 Å². The summed E-state index contributed by atoms with van der Waals surface area (Å²) >= 11 is 6.71. The molecule has 4 amide bonds. The van der Waals surface area contributed by atoms with Gasteiger partial charge in [-0.1, -0.05) is 39.3 Å². The van der Waals surface area contributed by atoms with Crippen molar-refractivity contribution in [3.05, 3.63) is 51.9 Å². The van der Waals surface area contributed by atoms with Gasteiger partial charge in [-0.05, 0) is 75.6 Å². The summed E-state index contributed by atoms with van der Waals surface area (Å²) in [5.74, 6) is -3.75. The van der Waals surface area contributed by atoms with Gasteiger partial charge in [0.25, 0.3) is 17.4 Å². The quantitative estimate of drug-likeness (QED) is 0.136. The molecule has 17 nitrogen and oxygen atoms in total. The molecule has 0 aliphatic carbocycles. The van der Waals surface area contributed by atoms with Crippen LogP contribution in [0.5, 0.6) is 0 Å². The third-order valence-electron chi connectivity index (χ3n) is 15.3. The minimum Gasteiger partial charge on any atom is -0.464 e. The molecule has 9 rings (SSSR count). The number of thiazole rings is 1. The molecule has 0 radical (unpaired) electrons. The topological polar surface area (TPSA) is 181 Å². The van der Waals surface area contributed by atoms with E-state index in [0.717, 1.165) is 33.6 Å². The highest BCUT2D eigenvalue weighted by Gasteiger charge is 2.55. The lowest BCUT2D eigenvalue weighted by Gasteiger charge is -2.36. The number of morpholine rings is 1. The number of amides is 4. The first-order valence-electron chi connectivity index (χ1n) is 25.4. The average Bonchev–Trinajstić information content (AvgIpc) is 4.17. The number of benzene rings is 1. The number of nitrogens with zero attached hydrogens (tertiary/aromatic N) is 7. The second-order valence-electron chi connectivity index (χ2n) is 21.2. The Morgan fingerprint density at radius 3 is 2.52 bits per heavy atom. The molecule has 8 heterocycles. The minimum absolute atomic E-state index is 0.00824. The first kappa shape index (κ1) is 52.6. The molecule has 6 bridgehead atoms. The Morgan fingerprint density at radius 1 is 1.05 bits per heavy atom. The number of pyridine rings is 1. The number of alkyl halides is 2. The number of aromatic nitrogens is 3. The zero-order chi connectivity index (χ0) is 52.1. The molecular weight excluding hydrogens is 984 g/mol. The van der Waals surface area contributed by atoms with Crippen molar-refractivity contribution in [1.82, 2.24) is 40.1 Å². The number of cyclic esters (lactones) is 1. The van der Waals surface area contributed by atoms with Gasteiger partial charge in [0.15, 0.2) is 0 Å². The van der Waals surface area contributed by atoms with Gasteiger partial charge < -0.3 is 38.8 Å². The van der Waals surface area contributed by atoms with Gasteiger partial charge in [0.1, 0.15) is 23.9 Å². The van der Waals surface area contributed by atoms with E-state index in [1.54, 1.807) is 18.6 Å². The van der Waals surface area contributed by atoms with Crippen molar-refractivity contribution < 1.29 is 47.0 Å². The van der Waals surface area contributed by atoms with E-state index in [0.29, 0.717) is 81.2 Å². The number of carbonyl (C=O) groups is 5. The molecule has 4 saturated heterocycles. The van der Waals surface area contributed by atoms with Crippen LogP contribution in [0.3, 0.4) is 0 Å². The molecule has 73 heavy (non-hydrogen) atoms. The Labute approximate surface area is 433 Å². The predicted molar refractivity (Wildman–Crippen MR) is 272 cm³/mol. The third-order valence-corrected chi connectivity index (χ3v) is 16.4. The second kappa shape index (κ2) is 21.2. The lowest BCUT2D eigenvalue weighted by atomic mass is 9.84. The summed E-state index contributed by atoms with van der Waals surface area (Å²) in [7, 11) is 1.65. The number of hydrazine groups is 1. The maximum atomic E-state index is 16.9. The largest absolute Gasteiger partial charge is 0.464 e. The molecule has 394 valence electrons.